The number of hydrogen-bond donors (Lipinski definition) is 2. The van der Waals surface area contributed by atoms with E-state index in [1.54, 1.807) is 7.11 Å². The van der Waals surface area contributed by atoms with Gasteiger partial charge < -0.3 is 24.6 Å². The average Bonchev–Trinajstić information content (AvgIpc) is 2.71. The van der Waals surface area contributed by atoms with Crippen molar-refractivity contribution in [3.8, 4) is 0 Å². The topological polar surface area (TPSA) is 73.2 Å². The second-order valence-corrected chi connectivity index (χ2v) is 8.27. The number of morpholine rings is 1. The molecule has 1 atom stereocenters. The monoisotopic (exact) mass is 399 g/mol. The normalized spacial score (nSPS) is 24.9. The quantitative estimate of drug-likeness (QED) is 0.588. The number of methoxy groups -OCH3 is 1. The van der Waals surface area contributed by atoms with Crippen LogP contribution in [-0.2, 0) is 9.47 Å². The Bertz CT molecular complexity index is 768. The lowest BCUT2D eigenvalue weighted by molar-refractivity contribution is 0.0725. The number of piperidine rings is 1. The smallest absolute Gasteiger partial charge is 0.125 e. The molecule has 7 nitrogen and oxygen atoms in total. The van der Waals surface area contributed by atoms with Crippen LogP contribution in [0.25, 0.3) is 0 Å². The molecule has 3 rings (SSSR count). The summed E-state index contributed by atoms with van der Waals surface area (Å²) in [5.41, 5.74) is 3.14. The van der Waals surface area contributed by atoms with Crippen LogP contribution in [0, 0.1) is 10.8 Å². The van der Waals surface area contributed by atoms with E-state index in [-0.39, 0.29) is 5.41 Å². The first-order chi connectivity index (χ1) is 13.9. The van der Waals surface area contributed by atoms with Gasteiger partial charge >= 0.3 is 0 Å². The van der Waals surface area contributed by atoms with Crippen molar-refractivity contribution in [2.75, 3.05) is 63.8 Å². The maximum Gasteiger partial charge on any atom is 0.125 e. The molecule has 2 fully saturated rings. The molecule has 29 heavy (non-hydrogen) atoms. The molecular formula is C22H33N5O2. The SMILES string of the molecule is COC[C@]1(C)C/C(=C/N=C(C)Nc2ccc(N3CCOCC3)cc2)C(=N)N(C)C1. The van der Waals surface area contributed by atoms with Gasteiger partial charge in [0.25, 0.3) is 0 Å². The van der Waals surface area contributed by atoms with E-state index in [4.69, 9.17) is 14.9 Å². The Labute approximate surface area is 173 Å². The first kappa shape index (κ1) is 21.3. The van der Waals surface area contributed by atoms with Gasteiger partial charge in [0.1, 0.15) is 11.7 Å². The molecule has 0 bridgehead atoms. The van der Waals surface area contributed by atoms with Crippen molar-refractivity contribution >= 4 is 23.0 Å². The number of ether oxygens (including phenoxy) is 2. The summed E-state index contributed by atoms with van der Waals surface area (Å²) >= 11 is 0. The highest BCUT2D eigenvalue weighted by molar-refractivity contribution is 5.98. The molecule has 2 heterocycles. The molecule has 2 N–H and O–H groups in total. The van der Waals surface area contributed by atoms with E-state index in [9.17, 15) is 0 Å². The fourth-order valence-corrected chi connectivity index (χ4v) is 4.04. The molecule has 0 saturated carbocycles. The number of aliphatic imine (C=N–C) groups is 1. The van der Waals surface area contributed by atoms with Crippen LogP contribution in [0.5, 0.6) is 0 Å². The summed E-state index contributed by atoms with van der Waals surface area (Å²) in [5.74, 6) is 1.33. The van der Waals surface area contributed by atoms with Crippen molar-refractivity contribution in [3.63, 3.8) is 0 Å². The molecule has 1 aromatic carbocycles. The van der Waals surface area contributed by atoms with Gasteiger partial charge in [-0.15, -0.1) is 0 Å². The predicted molar refractivity (Wildman–Crippen MR) is 119 cm³/mol. The molecule has 158 valence electrons. The molecular weight excluding hydrogens is 366 g/mol. The van der Waals surface area contributed by atoms with E-state index in [1.165, 1.54) is 5.69 Å². The van der Waals surface area contributed by atoms with Gasteiger partial charge in [-0.2, -0.15) is 0 Å². The number of rotatable bonds is 5. The van der Waals surface area contributed by atoms with E-state index < -0.39 is 0 Å². The third kappa shape index (κ3) is 5.58. The lowest BCUT2D eigenvalue weighted by Gasteiger charge is -2.40. The molecule has 0 amide bonds. The Kier molecular flexibility index (Phi) is 6.92. The first-order valence-electron chi connectivity index (χ1n) is 10.1. The standard InChI is InChI=1S/C22H33N5O2/c1-17(24-14-18-13-22(2,16-28-4)15-26(3)21(18)23)25-19-5-7-20(8-6-19)27-9-11-29-12-10-27/h5-8,14,23H,9-13,15-16H2,1-4H3,(H,24,25)/b18-14-,23-21?/t22-/m1/s1. The van der Waals surface area contributed by atoms with Gasteiger partial charge in [0.2, 0.25) is 0 Å². The van der Waals surface area contributed by atoms with Crippen LogP contribution >= 0.6 is 0 Å². The number of amidine groups is 2. The van der Waals surface area contributed by atoms with Gasteiger partial charge in [0.15, 0.2) is 0 Å². The molecule has 0 aliphatic carbocycles. The number of hydrogen-bond acceptors (Lipinski definition) is 5. The highest BCUT2D eigenvalue weighted by Gasteiger charge is 2.34. The Morgan fingerprint density at radius 3 is 2.66 bits per heavy atom. The first-order valence-corrected chi connectivity index (χ1v) is 10.1. The van der Waals surface area contributed by atoms with E-state index in [1.807, 2.05) is 25.1 Å². The maximum absolute atomic E-state index is 8.36. The molecule has 0 spiro atoms. The van der Waals surface area contributed by atoms with Gasteiger partial charge in [-0.25, -0.2) is 4.99 Å². The Balaban J connectivity index is 1.64. The zero-order valence-corrected chi connectivity index (χ0v) is 18.0. The number of benzene rings is 1. The van der Waals surface area contributed by atoms with Crippen molar-refractivity contribution in [3.05, 3.63) is 36.0 Å². The number of anilines is 2. The molecule has 2 aliphatic heterocycles. The highest BCUT2D eigenvalue weighted by atomic mass is 16.5. The number of nitrogens with one attached hydrogen (secondary N) is 2. The molecule has 2 aliphatic rings. The molecule has 2 saturated heterocycles. The van der Waals surface area contributed by atoms with Crippen molar-refractivity contribution in [1.29, 1.82) is 5.41 Å². The van der Waals surface area contributed by atoms with Crippen LogP contribution in [0.2, 0.25) is 0 Å². The summed E-state index contributed by atoms with van der Waals surface area (Å²) < 4.78 is 10.8. The van der Waals surface area contributed by atoms with Crippen molar-refractivity contribution in [2.24, 2.45) is 10.4 Å². The van der Waals surface area contributed by atoms with E-state index in [0.717, 1.165) is 56.4 Å². The Morgan fingerprint density at radius 1 is 1.31 bits per heavy atom. The summed E-state index contributed by atoms with van der Waals surface area (Å²) in [7, 11) is 3.68. The minimum Gasteiger partial charge on any atom is -0.384 e. The van der Waals surface area contributed by atoms with E-state index in [2.05, 4.69) is 46.4 Å². The lowest BCUT2D eigenvalue weighted by Crippen LogP contribution is -2.46. The largest absolute Gasteiger partial charge is 0.384 e. The second kappa shape index (κ2) is 9.41. The summed E-state index contributed by atoms with van der Waals surface area (Å²) in [4.78, 5) is 8.88. The van der Waals surface area contributed by atoms with Crippen LogP contribution in [0.1, 0.15) is 20.3 Å². The zero-order valence-electron chi connectivity index (χ0n) is 18.0. The van der Waals surface area contributed by atoms with Gasteiger partial charge in [-0.05, 0) is 37.6 Å². The van der Waals surface area contributed by atoms with Crippen LogP contribution in [0.4, 0.5) is 11.4 Å². The van der Waals surface area contributed by atoms with E-state index in [0.29, 0.717) is 12.4 Å². The van der Waals surface area contributed by atoms with Gasteiger partial charge in [0.05, 0.1) is 19.8 Å². The predicted octanol–water partition coefficient (Wildman–Crippen LogP) is 3.20. The van der Waals surface area contributed by atoms with Crippen molar-refractivity contribution < 1.29 is 9.47 Å². The number of likely N-dealkylation sites (tertiary alicyclic amines) is 1. The van der Waals surface area contributed by atoms with Crippen LogP contribution in [0.15, 0.2) is 41.0 Å². The third-order valence-corrected chi connectivity index (χ3v) is 5.40. The second-order valence-electron chi connectivity index (χ2n) is 8.27. The number of nitrogens with zero attached hydrogens (tertiary/aromatic N) is 3. The highest BCUT2D eigenvalue weighted by Crippen LogP contribution is 2.33. The van der Waals surface area contributed by atoms with E-state index >= 15 is 0 Å². The fourth-order valence-electron chi connectivity index (χ4n) is 4.04. The Hall–Kier alpha value is -2.38. The van der Waals surface area contributed by atoms with Crippen molar-refractivity contribution in [2.45, 2.75) is 20.3 Å². The van der Waals surface area contributed by atoms with Crippen LogP contribution < -0.4 is 10.2 Å². The molecule has 0 aromatic heterocycles. The summed E-state index contributed by atoms with van der Waals surface area (Å²) in [6, 6.07) is 8.40. The minimum absolute atomic E-state index is 0.00788. The molecule has 0 unspecified atom stereocenters. The lowest BCUT2D eigenvalue weighted by atomic mass is 9.80. The Morgan fingerprint density at radius 2 is 2.00 bits per heavy atom. The van der Waals surface area contributed by atoms with Gasteiger partial charge in [-0.1, -0.05) is 6.92 Å². The molecule has 1 aromatic rings. The van der Waals surface area contributed by atoms with Crippen LogP contribution in [-0.4, -0.2) is 70.2 Å². The van der Waals surface area contributed by atoms with Crippen molar-refractivity contribution in [1.82, 2.24) is 4.90 Å². The molecule has 7 heteroatoms. The van der Waals surface area contributed by atoms with Crippen LogP contribution in [0.3, 0.4) is 0 Å². The maximum atomic E-state index is 8.36. The fraction of sp³-hybridized carbons (Fsp3) is 0.545. The minimum atomic E-state index is -0.00788. The molecule has 0 radical (unpaired) electrons. The summed E-state index contributed by atoms with van der Waals surface area (Å²) in [5, 5.41) is 11.7. The summed E-state index contributed by atoms with van der Waals surface area (Å²) in [6.45, 7) is 9.05. The van der Waals surface area contributed by atoms with Gasteiger partial charge in [0, 0.05) is 62.4 Å². The van der Waals surface area contributed by atoms with Gasteiger partial charge in [-0.3, -0.25) is 5.41 Å². The number of likely N-dealkylation sites (N-methyl/N-ethyl adjacent to an activating group) is 1. The average molecular weight is 400 g/mol. The zero-order chi connectivity index (χ0) is 20.9. The third-order valence-electron chi connectivity index (χ3n) is 5.40. The summed E-state index contributed by atoms with van der Waals surface area (Å²) in [6.07, 6.45) is 2.60.